The molecular formula is C27H39N3O4S. The summed E-state index contributed by atoms with van der Waals surface area (Å²) in [5, 5.41) is 2.93. The molecule has 2 amide bonds. The van der Waals surface area contributed by atoms with Crippen LogP contribution in [0.5, 0.6) is 0 Å². The Morgan fingerprint density at radius 3 is 2.14 bits per heavy atom. The largest absolute Gasteiger partial charge is 0.354 e. The van der Waals surface area contributed by atoms with Gasteiger partial charge in [0.2, 0.25) is 21.8 Å². The summed E-state index contributed by atoms with van der Waals surface area (Å²) in [6.45, 7) is 6.43. The molecule has 2 aromatic carbocycles. The number of sulfonamides is 1. The number of benzene rings is 2. The predicted octanol–water partition coefficient (Wildman–Crippen LogP) is 3.78. The van der Waals surface area contributed by atoms with Gasteiger partial charge in [0.25, 0.3) is 0 Å². The molecule has 0 fully saturated rings. The van der Waals surface area contributed by atoms with Gasteiger partial charge < -0.3 is 10.2 Å². The van der Waals surface area contributed by atoms with Gasteiger partial charge in [0, 0.05) is 13.1 Å². The summed E-state index contributed by atoms with van der Waals surface area (Å²) in [4.78, 5) is 28.1. The van der Waals surface area contributed by atoms with Gasteiger partial charge in [0.05, 0.1) is 11.9 Å². The number of nitrogens with zero attached hydrogens (tertiary/aromatic N) is 2. The second-order valence-corrected chi connectivity index (χ2v) is 10.6. The van der Waals surface area contributed by atoms with Gasteiger partial charge in [0.1, 0.15) is 12.6 Å². The van der Waals surface area contributed by atoms with E-state index in [0.717, 1.165) is 41.0 Å². The van der Waals surface area contributed by atoms with E-state index in [0.29, 0.717) is 31.6 Å². The zero-order valence-corrected chi connectivity index (χ0v) is 22.2. The highest BCUT2D eigenvalue weighted by Crippen LogP contribution is 2.20. The maximum Gasteiger partial charge on any atom is 0.244 e. The average molecular weight is 502 g/mol. The number of hydrogen-bond acceptors (Lipinski definition) is 4. The number of aryl methyl sites for hydroxylation is 1. The average Bonchev–Trinajstić information content (AvgIpc) is 2.85. The lowest BCUT2D eigenvalue weighted by Crippen LogP contribution is -2.53. The molecule has 0 spiro atoms. The number of carbonyl (C=O) groups excluding carboxylic acids is 2. The number of carbonyl (C=O) groups is 2. The lowest BCUT2D eigenvalue weighted by molar-refractivity contribution is -0.139. The quantitative estimate of drug-likeness (QED) is 0.399. The van der Waals surface area contributed by atoms with Gasteiger partial charge in [0.15, 0.2) is 0 Å². The molecule has 0 saturated heterocycles. The second-order valence-electron chi connectivity index (χ2n) is 8.68. The Morgan fingerprint density at radius 1 is 0.943 bits per heavy atom. The van der Waals surface area contributed by atoms with Crippen LogP contribution in [-0.4, -0.2) is 57.1 Å². The zero-order chi connectivity index (χ0) is 25.8. The van der Waals surface area contributed by atoms with E-state index >= 15 is 0 Å². The molecular weight excluding hydrogens is 462 g/mol. The van der Waals surface area contributed by atoms with Crippen LogP contribution in [0.3, 0.4) is 0 Å². The molecule has 8 heteroatoms. The number of nitrogens with one attached hydrogen (secondary N) is 1. The summed E-state index contributed by atoms with van der Waals surface area (Å²) in [6, 6.07) is 16.2. The number of amides is 2. The van der Waals surface area contributed by atoms with Crippen LogP contribution in [0, 0.1) is 0 Å². The smallest absolute Gasteiger partial charge is 0.244 e. The first kappa shape index (κ1) is 28.4. The van der Waals surface area contributed by atoms with Gasteiger partial charge >= 0.3 is 0 Å². The summed E-state index contributed by atoms with van der Waals surface area (Å²) >= 11 is 0. The molecule has 2 aromatic rings. The predicted molar refractivity (Wildman–Crippen MR) is 142 cm³/mol. The first-order chi connectivity index (χ1) is 16.7. The molecule has 0 radical (unpaired) electrons. The van der Waals surface area contributed by atoms with Gasteiger partial charge in [-0.2, -0.15) is 0 Å². The number of anilines is 1. The van der Waals surface area contributed by atoms with Gasteiger partial charge in [-0.05, 0) is 48.9 Å². The fourth-order valence-corrected chi connectivity index (χ4v) is 4.76. The minimum Gasteiger partial charge on any atom is -0.354 e. The lowest BCUT2D eigenvalue weighted by Gasteiger charge is -2.33. The van der Waals surface area contributed by atoms with E-state index in [4.69, 9.17) is 0 Å². The summed E-state index contributed by atoms with van der Waals surface area (Å²) in [7, 11) is -3.72. The van der Waals surface area contributed by atoms with Crippen LogP contribution in [0.4, 0.5) is 5.69 Å². The van der Waals surface area contributed by atoms with Crippen molar-refractivity contribution in [2.75, 3.05) is 30.2 Å². The second kappa shape index (κ2) is 13.9. The Morgan fingerprint density at radius 2 is 1.60 bits per heavy atom. The van der Waals surface area contributed by atoms with E-state index in [9.17, 15) is 18.0 Å². The van der Waals surface area contributed by atoms with Crippen LogP contribution in [0.15, 0.2) is 54.6 Å². The Labute approximate surface area is 210 Å². The standard InChI is InChI=1S/C27H39N3O4S/c1-5-8-19-28-27(32)25(7-3)29(20-18-23-12-10-9-11-13-23)26(31)21-30(35(4,33)34)24-16-14-22(6-2)15-17-24/h9-17,25H,5-8,18-21H2,1-4H3,(H,28,32). The Hall–Kier alpha value is -2.87. The summed E-state index contributed by atoms with van der Waals surface area (Å²) in [5.74, 6) is -0.607. The fraction of sp³-hybridized carbons (Fsp3) is 0.481. The minimum absolute atomic E-state index is 0.208. The van der Waals surface area contributed by atoms with Crippen LogP contribution in [0.2, 0.25) is 0 Å². The molecule has 2 rings (SSSR count). The lowest BCUT2D eigenvalue weighted by atomic mass is 10.1. The van der Waals surface area contributed by atoms with Crippen molar-refractivity contribution in [3.63, 3.8) is 0 Å². The first-order valence-corrected chi connectivity index (χ1v) is 14.2. The van der Waals surface area contributed by atoms with Gasteiger partial charge in [-0.25, -0.2) is 8.42 Å². The molecule has 0 aliphatic carbocycles. The highest BCUT2D eigenvalue weighted by atomic mass is 32.2. The SMILES string of the molecule is CCCCNC(=O)C(CC)N(CCc1ccccc1)C(=O)CN(c1ccc(CC)cc1)S(C)(=O)=O. The van der Waals surface area contributed by atoms with E-state index < -0.39 is 22.0 Å². The molecule has 0 heterocycles. The fourth-order valence-electron chi connectivity index (χ4n) is 3.91. The van der Waals surface area contributed by atoms with Crippen LogP contribution in [0.1, 0.15) is 51.2 Å². The van der Waals surface area contributed by atoms with Crippen LogP contribution < -0.4 is 9.62 Å². The van der Waals surface area contributed by atoms with E-state index in [1.54, 1.807) is 12.1 Å². The van der Waals surface area contributed by atoms with Crippen molar-refractivity contribution in [1.82, 2.24) is 10.2 Å². The molecule has 35 heavy (non-hydrogen) atoms. The van der Waals surface area contributed by atoms with Gasteiger partial charge in [-0.1, -0.05) is 69.7 Å². The Kier molecular flexibility index (Phi) is 11.2. The van der Waals surface area contributed by atoms with Crippen LogP contribution in [-0.2, 0) is 32.5 Å². The van der Waals surface area contributed by atoms with E-state index in [1.165, 1.54) is 4.90 Å². The van der Waals surface area contributed by atoms with Gasteiger partial charge in [-0.3, -0.25) is 13.9 Å². The maximum atomic E-state index is 13.6. The molecule has 0 saturated carbocycles. The van der Waals surface area contributed by atoms with E-state index in [-0.39, 0.29) is 12.5 Å². The number of rotatable bonds is 14. The first-order valence-electron chi connectivity index (χ1n) is 12.4. The third-order valence-corrected chi connectivity index (χ3v) is 7.15. The van der Waals surface area contributed by atoms with Crippen molar-refractivity contribution in [2.24, 2.45) is 0 Å². The molecule has 192 valence electrons. The summed E-state index contributed by atoms with van der Waals surface area (Å²) in [6.07, 6.45) is 4.73. The zero-order valence-electron chi connectivity index (χ0n) is 21.4. The van der Waals surface area contributed by atoms with Gasteiger partial charge in [-0.15, -0.1) is 0 Å². The van der Waals surface area contributed by atoms with Crippen molar-refractivity contribution in [3.05, 3.63) is 65.7 Å². The van der Waals surface area contributed by atoms with Crippen molar-refractivity contribution in [2.45, 2.75) is 58.9 Å². The molecule has 1 atom stereocenters. The Bertz CT molecular complexity index is 1040. The Balaban J connectivity index is 2.31. The van der Waals surface area contributed by atoms with Crippen molar-refractivity contribution in [1.29, 1.82) is 0 Å². The topological polar surface area (TPSA) is 86.8 Å². The number of hydrogen-bond donors (Lipinski definition) is 1. The van der Waals surface area contributed by atoms with Crippen LogP contribution >= 0.6 is 0 Å². The molecule has 7 nitrogen and oxygen atoms in total. The molecule has 0 aliphatic rings. The van der Waals surface area contributed by atoms with Crippen molar-refractivity contribution < 1.29 is 18.0 Å². The molecule has 0 bridgehead atoms. The minimum atomic E-state index is -3.72. The third kappa shape index (κ3) is 8.69. The summed E-state index contributed by atoms with van der Waals surface area (Å²) < 4.78 is 26.4. The normalized spacial score (nSPS) is 12.1. The third-order valence-electron chi connectivity index (χ3n) is 6.01. The van der Waals surface area contributed by atoms with E-state index in [2.05, 4.69) is 5.32 Å². The van der Waals surface area contributed by atoms with E-state index in [1.807, 2.05) is 63.2 Å². The highest BCUT2D eigenvalue weighted by Gasteiger charge is 2.31. The molecule has 1 unspecified atom stereocenters. The highest BCUT2D eigenvalue weighted by molar-refractivity contribution is 7.92. The maximum absolute atomic E-state index is 13.6. The molecule has 0 aliphatic heterocycles. The van der Waals surface area contributed by atoms with Crippen LogP contribution in [0.25, 0.3) is 0 Å². The van der Waals surface area contributed by atoms with Crippen molar-refractivity contribution >= 4 is 27.5 Å². The summed E-state index contributed by atoms with van der Waals surface area (Å²) in [5.41, 5.74) is 2.55. The molecule has 0 aromatic heterocycles. The van der Waals surface area contributed by atoms with Crippen molar-refractivity contribution in [3.8, 4) is 0 Å². The molecule has 1 N–H and O–H groups in total. The number of unbranched alkanes of at least 4 members (excludes halogenated alkanes) is 1. The monoisotopic (exact) mass is 501 g/mol.